The molecule has 0 aliphatic rings. The summed E-state index contributed by atoms with van der Waals surface area (Å²) < 4.78 is 32.3. The van der Waals surface area contributed by atoms with Crippen LogP contribution < -0.4 is 14.4 Å². The number of anilines is 1. The molecule has 33 heavy (non-hydrogen) atoms. The number of benzene rings is 3. The Morgan fingerprint density at radius 2 is 1.61 bits per heavy atom. The van der Waals surface area contributed by atoms with E-state index in [1.807, 2.05) is 37.4 Å². The fourth-order valence-corrected chi connectivity index (χ4v) is 4.97. The highest BCUT2D eigenvalue weighted by Crippen LogP contribution is 2.25. The lowest BCUT2D eigenvalue weighted by Crippen LogP contribution is -2.28. The summed E-state index contributed by atoms with van der Waals surface area (Å²) in [5.74, 6) is 0.539. The molecule has 6 nitrogen and oxygen atoms in total. The Labute approximate surface area is 200 Å². The van der Waals surface area contributed by atoms with E-state index in [1.165, 1.54) is 11.4 Å². The monoisotopic (exact) mass is 484 g/mol. The first kappa shape index (κ1) is 24.7. The molecule has 0 aliphatic carbocycles. The van der Waals surface area contributed by atoms with Gasteiger partial charge in [0.2, 0.25) is 0 Å². The van der Waals surface area contributed by atoms with Crippen molar-refractivity contribution in [1.82, 2.24) is 5.32 Å². The molecule has 3 rings (SSSR count). The molecule has 1 N–H and O–H groups in total. The average molecular weight is 485 g/mol. The molecule has 0 heterocycles. The highest BCUT2D eigenvalue weighted by Gasteiger charge is 2.22. The van der Waals surface area contributed by atoms with Crippen LogP contribution in [0.5, 0.6) is 5.75 Å². The Balaban J connectivity index is 1.73. The molecule has 0 spiro atoms. The smallest absolute Gasteiger partial charge is 0.264 e. The largest absolute Gasteiger partial charge is 0.497 e. The number of carbonyl (C=O) groups excluding carboxylic acids is 1. The molecular weight excluding hydrogens is 456 g/mol. The molecule has 0 fully saturated rings. The van der Waals surface area contributed by atoms with Crippen LogP contribution in [0.3, 0.4) is 0 Å². The second kappa shape index (κ2) is 10.8. The van der Waals surface area contributed by atoms with Crippen molar-refractivity contribution in [3.63, 3.8) is 0 Å². The molecule has 0 saturated heterocycles. The zero-order valence-corrected chi connectivity index (χ0v) is 20.7. The Bertz CT molecular complexity index is 1180. The number of amides is 1. The second-order valence-electron chi connectivity index (χ2n) is 7.40. The summed E-state index contributed by atoms with van der Waals surface area (Å²) in [6.45, 7) is 2.00. The van der Waals surface area contributed by atoms with Crippen molar-refractivity contribution in [3.8, 4) is 5.75 Å². The predicted molar refractivity (Wildman–Crippen MR) is 134 cm³/mol. The lowest BCUT2D eigenvalue weighted by molar-refractivity contribution is 0.0935. The fraction of sp³-hybridized carbons (Fsp3) is 0.240. The van der Waals surface area contributed by atoms with Crippen molar-refractivity contribution in [3.05, 3.63) is 83.9 Å². The maximum Gasteiger partial charge on any atom is 0.264 e. The Morgan fingerprint density at radius 3 is 2.12 bits per heavy atom. The molecule has 0 radical (unpaired) electrons. The average Bonchev–Trinajstić information content (AvgIpc) is 2.86. The summed E-state index contributed by atoms with van der Waals surface area (Å²) in [7, 11) is -0.585. The van der Waals surface area contributed by atoms with Crippen molar-refractivity contribution in [2.24, 2.45) is 0 Å². The standard InChI is InChI=1S/C25H28N2O4S2/c1-5-24(18-8-12-21(31-3)13-9-18)26-25(28)19-6-10-20(11-7-19)27(2)33(29,30)23-16-14-22(32-4)15-17-23/h6-17,24H,5H2,1-4H3,(H,26,28). The van der Waals surface area contributed by atoms with Gasteiger partial charge in [-0.05, 0) is 78.9 Å². The molecule has 1 unspecified atom stereocenters. The highest BCUT2D eigenvalue weighted by molar-refractivity contribution is 7.98. The molecular formula is C25H28N2O4S2. The van der Waals surface area contributed by atoms with E-state index in [0.717, 1.165) is 22.6 Å². The number of ether oxygens (including phenoxy) is 1. The van der Waals surface area contributed by atoms with E-state index < -0.39 is 10.0 Å². The number of hydrogen-bond donors (Lipinski definition) is 1. The van der Waals surface area contributed by atoms with Crippen molar-refractivity contribution >= 4 is 33.4 Å². The van der Waals surface area contributed by atoms with Crippen LogP contribution in [0.1, 0.15) is 35.3 Å². The third-order valence-electron chi connectivity index (χ3n) is 5.44. The number of rotatable bonds is 9. The van der Waals surface area contributed by atoms with Gasteiger partial charge < -0.3 is 10.1 Å². The molecule has 174 valence electrons. The molecule has 0 saturated carbocycles. The summed E-state index contributed by atoms with van der Waals surface area (Å²) in [5, 5.41) is 3.04. The van der Waals surface area contributed by atoms with Gasteiger partial charge in [-0.1, -0.05) is 19.1 Å². The minimum Gasteiger partial charge on any atom is -0.497 e. The van der Waals surface area contributed by atoms with Gasteiger partial charge >= 0.3 is 0 Å². The topological polar surface area (TPSA) is 75.7 Å². The van der Waals surface area contributed by atoms with E-state index in [1.54, 1.807) is 67.4 Å². The quantitative estimate of drug-likeness (QED) is 0.427. The van der Waals surface area contributed by atoms with Crippen LogP contribution in [0.2, 0.25) is 0 Å². The summed E-state index contributed by atoms with van der Waals surface area (Å²) in [6, 6.07) is 20.8. The van der Waals surface area contributed by atoms with Crippen molar-refractivity contribution < 1.29 is 17.9 Å². The zero-order chi connectivity index (χ0) is 24.0. The number of sulfonamides is 1. The first-order valence-corrected chi connectivity index (χ1v) is 13.1. The Kier molecular flexibility index (Phi) is 8.05. The Morgan fingerprint density at radius 1 is 1.00 bits per heavy atom. The number of methoxy groups -OCH3 is 1. The van der Waals surface area contributed by atoms with Crippen LogP contribution in [0, 0.1) is 0 Å². The first-order valence-electron chi connectivity index (χ1n) is 10.5. The number of nitrogens with zero attached hydrogens (tertiary/aromatic N) is 1. The van der Waals surface area contributed by atoms with Crippen molar-refractivity contribution in [1.29, 1.82) is 0 Å². The third-order valence-corrected chi connectivity index (χ3v) is 7.99. The van der Waals surface area contributed by atoms with Gasteiger partial charge in [-0.25, -0.2) is 8.42 Å². The predicted octanol–water partition coefficient (Wildman–Crippen LogP) is 5.12. The molecule has 3 aromatic rings. The van der Waals surface area contributed by atoms with E-state index in [9.17, 15) is 13.2 Å². The zero-order valence-electron chi connectivity index (χ0n) is 19.1. The van der Waals surface area contributed by atoms with Gasteiger partial charge in [0.15, 0.2) is 0 Å². The van der Waals surface area contributed by atoms with Gasteiger partial charge in [0, 0.05) is 17.5 Å². The van der Waals surface area contributed by atoms with Crippen LogP contribution in [0.4, 0.5) is 5.69 Å². The van der Waals surface area contributed by atoms with Gasteiger partial charge in [-0.2, -0.15) is 0 Å². The number of carbonyl (C=O) groups is 1. The molecule has 8 heteroatoms. The van der Waals surface area contributed by atoms with Crippen LogP contribution in [0.15, 0.2) is 82.6 Å². The fourth-order valence-electron chi connectivity index (χ4n) is 3.37. The maximum absolute atomic E-state index is 13.0. The normalized spacial score (nSPS) is 12.1. The van der Waals surface area contributed by atoms with E-state index in [2.05, 4.69) is 5.32 Å². The van der Waals surface area contributed by atoms with E-state index in [-0.39, 0.29) is 16.8 Å². The SMILES string of the molecule is CCC(NC(=O)c1ccc(N(C)S(=O)(=O)c2ccc(SC)cc2)cc1)c1ccc(OC)cc1. The summed E-state index contributed by atoms with van der Waals surface area (Å²) in [6.07, 6.45) is 2.67. The molecule has 3 aromatic carbocycles. The van der Waals surface area contributed by atoms with Gasteiger partial charge in [0.05, 0.1) is 23.7 Å². The maximum atomic E-state index is 13.0. The number of thioether (sulfide) groups is 1. The summed E-state index contributed by atoms with van der Waals surface area (Å²) in [5.41, 5.74) is 1.92. The van der Waals surface area contributed by atoms with Crippen LogP contribution in [-0.4, -0.2) is 34.7 Å². The second-order valence-corrected chi connectivity index (χ2v) is 10.3. The van der Waals surface area contributed by atoms with Crippen molar-refractivity contribution in [2.75, 3.05) is 24.7 Å². The van der Waals surface area contributed by atoms with Crippen molar-refractivity contribution in [2.45, 2.75) is 29.2 Å². The van der Waals surface area contributed by atoms with Gasteiger partial charge in [0.1, 0.15) is 5.75 Å². The van der Waals surface area contributed by atoms with Crippen LogP contribution in [-0.2, 0) is 10.0 Å². The van der Waals surface area contributed by atoms with E-state index in [4.69, 9.17) is 4.74 Å². The molecule has 0 bridgehead atoms. The number of hydrogen-bond acceptors (Lipinski definition) is 5. The van der Waals surface area contributed by atoms with E-state index >= 15 is 0 Å². The molecule has 0 aliphatic heterocycles. The first-order chi connectivity index (χ1) is 15.8. The van der Waals surface area contributed by atoms with Crippen LogP contribution >= 0.6 is 11.8 Å². The minimum absolute atomic E-state index is 0.143. The van der Waals surface area contributed by atoms with Gasteiger partial charge in [0.25, 0.3) is 15.9 Å². The minimum atomic E-state index is -3.70. The lowest BCUT2D eigenvalue weighted by atomic mass is 10.0. The lowest BCUT2D eigenvalue weighted by Gasteiger charge is -2.21. The number of nitrogens with one attached hydrogen (secondary N) is 1. The molecule has 1 amide bonds. The van der Waals surface area contributed by atoms with Gasteiger partial charge in [-0.3, -0.25) is 9.10 Å². The third kappa shape index (κ3) is 5.69. The molecule has 1 atom stereocenters. The summed E-state index contributed by atoms with van der Waals surface area (Å²) >= 11 is 1.55. The van der Waals surface area contributed by atoms with E-state index in [0.29, 0.717) is 11.3 Å². The highest BCUT2D eigenvalue weighted by atomic mass is 32.2. The van der Waals surface area contributed by atoms with Crippen LogP contribution in [0.25, 0.3) is 0 Å². The Hall–Kier alpha value is -2.97. The summed E-state index contributed by atoms with van der Waals surface area (Å²) in [4.78, 5) is 14.0. The van der Waals surface area contributed by atoms with Gasteiger partial charge in [-0.15, -0.1) is 11.8 Å². The molecule has 0 aromatic heterocycles.